The third-order valence-corrected chi connectivity index (χ3v) is 5.67. The monoisotopic (exact) mass is 369 g/mol. The van der Waals surface area contributed by atoms with Crippen LogP contribution in [0.3, 0.4) is 0 Å². The fourth-order valence-electron chi connectivity index (χ4n) is 2.65. The maximum atomic E-state index is 12.4. The van der Waals surface area contributed by atoms with Crippen LogP contribution < -0.4 is 4.72 Å². The van der Waals surface area contributed by atoms with Gasteiger partial charge in [-0.25, -0.2) is 17.8 Å². The molecule has 0 atom stereocenters. The Bertz CT molecular complexity index is 946. The zero-order valence-electron chi connectivity index (χ0n) is 15.0. The van der Waals surface area contributed by atoms with Gasteiger partial charge in [-0.3, -0.25) is 0 Å². The van der Waals surface area contributed by atoms with Crippen molar-refractivity contribution in [1.29, 1.82) is 0 Å². The van der Waals surface area contributed by atoms with Gasteiger partial charge >= 0.3 is 0 Å². The molecule has 5 nitrogen and oxygen atoms in total. The first-order chi connectivity index (χ1) is 12.5. The number of sulfonamides is 1. The molecule has 2 aromatic carbocycles. The van der Waals surface area contributed by atoms with Crippen molar-refractivity contribution in [3.05, 3.63) is 78.1 Å². The van der Waals surface area contributed by atoms with E-state index in [1.807, 2.05) is 54.7 Å². The number of benzene rings is 2. The van der Waals surface area contributed by atoms with E-state index in [9.17, 15) is 8.42 Å². The van der Waals surface area contributed by atoms with E-state index in [0.29, 0.717) is 18.9 Å². The molecule has 0 amide bonds. The predicted octanol–water partition coefficient (Wildman–Crippen LogP) is 3.52. The number of hydrogen-bond acceptors (Lipinski definition) is 3. The molecule has 0 bridgehead atoms. The first kappa shape index (κ1) is 18.4. The molecule has 0 aliphatic heterocycles. The maximum Gasteiger partial charge on any atom is 0.240 e. The van der Waals surface area contributed by atoms with Crippen molar-refractivity contribution in [2.75, 3.05) is 6.54 Å². The highest BCUT2D eigenvalue weighted by Crippen LogP contribution is 2.17. The van der Waals surface area contributed by atoms with Crippen LogP contribution >= 0.6 is 0 Å². The first-order valence-corrected chi connectivity index (χ1v) is 10.1. The van der Waals surface area contributed by atoms with Crippen LogP contribution in [0, 0.1) is 0 Å². The molecule has 0 aliphatic rings. The van der Waals surface area contributed by atoms with Crippen LogP contribution in [0.15, 0.2) is 71.8 Å². The minimum atomic E-state index is -3.50. The van der Waals surface area contributed by atoms with Gasteiger partial charge in [-0.1, -0.05) is 44.2 Å². The number of para-hydroxylation sites is 1. The molecule has 1 heterocycles. The molecule has 26 heavy (non-hydrogen) atoms. The Morgan fingerprint density at radius 3 is 2.35 bits per heavy atom. The van der Waals surface area contributed by atoms with Crippen LogP contribution in [0.5, 0.6) is 0 Å². The van der Waals surface area contributed by atoms with Gasteiger partial charge in [-0.15, -0.1) is 0 Å². The Morgan fingerprint density at radius 1 is 1.00 bits per heavy atom. The number of aromatic nitrogens is 2. The van der Waals surface area contributed by atoms with Crippen molar-refractivity contribution < 1.29 is 8.42 Å². The summed E-state index contributed by atoms with van der Waals surface area (Å²) >= 11 is 0. The van der Waals surface area contributed by atoms with E-state index >= 15 is 0 Å². The summed E-state index contributed by atoms with van der Waals surface area (Å²) in [5, 5.41) is 4.49. The smallest absolute Gasteiger partial charge is 0.240 e. The van der Waals surface area contributed by atoms with Crippen molar-refractivity contribution in [3.63, 3.8) is 0 Å². The molecular formula is C20H23N3O2S. The normalized spacial score (nSPS) is 11.8. The first-order valence-electron chi connectivity index (χ1n) is 8.65. The molecule has 0 fully saturated rings. The average molecular weight is 369 g/mol. The minimum absolute atomic E-state index is 0.289. The van der Waals surface area contributed by atoms with Gasteiger partial charge < -0.3 is 0 Å². The number of rotatable bonds is 7. The summed E-state index contributed by atoms with van der Waals surface area (Å²) in [5.41, 5.74) is 2.94. The van der Waals surface area contributed by atoms with E-state index in [1.165, 1.54) is 0 Å². The Labute approximate surface area is 154 Å². The van der Waals surface area contributed by atoms with Crippen LogP contribution in [0.4, 0.5) is 0 Å². The molecule has 0 aliphatic carbocycles. The lowest BCUT2D eigenvalue weighted by Crippen LogP contribution is -2.26. The van der Waals surface area contributed by atoms with E-state index in [-0.39, 0.29) is 4.90 Å². The molecule has 3 aromatic rings. The van der Waals surface area contributed by atoms with Crippen molar-refractivity contribution >= 4 is 10.0 Å². The molecule has 1 aromatic heterocycles. The lowest BCUT2D eigenvalue weighted by atomic mass is 10.0. The fourth-order valence-corrected chi connectivity index (χ4v) is 3.68. The second-order valence-corrected chi connectivity index (χ2v) is 8.23. The van der Waals surface area contributed by atoms with Crippen LogP contribution in [0.25, 0.3) is 5.69 Å². The molecule has 1 N–H and O–H groups in total. The minimum Gasteiger partial charge on any atom is -0.241 e. The van der Waals surface area contributed by atoms with Crippen LogP contribution in [0.1, 0.15) is 31.0 Å². The second kappa shape index (κ2) is 7.85. The molecule has 0 spiro atoms. The Balaban J connectivity index is 1.59. The van der Waals surface area contributed by atoms with E-state index < -0.39 is 10.0 Å². The zero-order valence-corrected chi connectivity index (χ0v) is 15.8. The molecule has 0 unspecified atom stereocenters. The molecule has 0 saturated heterocycles. The van der Waals surface area contributed by atoms with Gasteiger partial charge in [0.2, 0.25) is 10.0 Å². The molecule has 6 heteroatoms. The summed E-state index contributed by atoms with van der Waals surface area (Å²) in [5.74, 6) is 0.374. The summed E-state index contributed by atoms with van der Waals surface area (Å²) in [4.78, 5) is 0.289. The quantitative estimate of drug-likeness (QED) is 0.693. The van der Waals surface area contributed by atoms with Gasteiger partial charge in [-0.05, 0) is 41.8 Å². The summed E-state index contributed by atoms with van der Waals surface area (Å²) < 4.78 is 29.2. The summed E-state index contributed by atoms with van der Waals surface area (Å²) in [6.45, 7) is 4.47. The summed E-state index contributed by atoms with van der Waals surface area (Å²) in [7, 11) is -3.50. The lowest BCUT2D eigenvalue weighted by Gasteiger charge is -2.09. The second-order valence-electron chi connectivity index (χ2n) is 6.46. The Hall–Kier alpha value is -2.44. The third kappa shape index (κ3) is 4.39. The Kier molecular flexibility index (Phi) is 5.54. The zero-order chi connectivity index (χ0) is 18.6. The number of nitrogens with one attached hydrogen (secondary N) is 1. The van der Waals surface area contributed by atoms with Crippen molar-refractivity contribution in [3.8, 4) is 5.69 Å². The number of nitrogens with zero attached hydrogens (tertiary/aromatic N) is 2. The van der Waals surface area contributed by atoms with Gasteiger partial charge in [0.05, 0.1) is 16.3 Å². The molecule has 3 rings (SSSR count). The highest BCUT2D eigenvalue weighted by atomic mass is 32.2. The van der Waals surface area contributed by atoms with Gasteiger partial charge in [0.15, 0.2) is 0 Å². The topological polar surface area (TPSA) is 64.0 Å². The fraction of sp³-hybridized carbons (Fsp3) is 0.250. The largest absolute Gasteiger partial charge is 0.241 e. The van der Waals surface area contributed by atoms with Gasteiger partial charge in [0.25, 0.3) is 0 Å². The third-order valence-electron chi connectivity index (χ3n) is 4.20. The Morgan fingerprint density at radius 2 is 1.69 bits per heavy atom. The lowest BCUT2D eigenvalue weighted by molar-refractivity contribution is 0.581. The van der Waals surface area contributed by atoms with E-state index in [0.717, 1.165) is 16.9 Å². The van der Waals surface area contributed by atoms with Crippen molar-refractivity contribution in [1.82, 2.24) is 14.5 Å². The molecule has 136 valence electrons. The van der Waals surface area contributed by atoms with Gasteiger partial charge in [0, 0.05) is 19.2 Å². The standard InChI is InChI=1S/C20H23N3O2S/c1-16(2)17-8-10-20(11-9-17)26(24,25)21-14-12-18-13-15-23(22-18)19-6-4-3-5-7-19/h3-11,13,15-16,21H,12,14H2,1-2H3. The van der Waals surface area contributed by atoms with E-state index in [1.54, 1.807) is 16.8 Å². The highest BCUT2D eigenvalue weighted by molar-refractivity contribution is 7.89. The van der Waals surface area contributed by atoms with Gasteiger partial charge in [-0.2, -0.15) is 5.10 Å². The van der Waals surface area contributed by atoms with E-state index in [4.69, 9.17) is 0 Å². The maximum absolute atomic E-state index is 12.4. The van der Waals surface area contributed by atoms with Crippen LogP contribution in [-0.2, 0) is 16.4 Å². The summed E-state index contributed by atoms with van der Waals surface area (Å²) in [6, 6.07) is 18.7. The molecule has 0 saturated carbocycles. The van der Waals surface area contributed by atoms with E-state index in [2.05, 4.69) is 23.7 Å². The van der Waals surface area contributed by atoms with Crippen LogP contribution in [0.2, 0.25) is 0 Å². The van der Waals surface area contributed by atoms with Gasteiger partial charge in [0.1, 0.15) is 0 Å². The molecular weight excluding hydrogens is 346 g/mol. The number of hydrogen-bond donors (Lipinski definition) is 1. The SMILES string of the molecule is CC(C)c1ccc(S(=O)(=O)NCCc2ccn(-c3ccccc3)n2)cc1. The van der Waals surface area contributed by atoms with Crippen LogP contribution in [-0.4, -0.2) is 24.7 Å². The highest BCUT2D eigenvalue weighted by Gasteiger charge is 2.14. The molecule has 0 radical (unpaired) electrons. The van der Waals surface area contributed by atoms with Crippen molar-refractivity contribution in [2.24, 2.45) is 0 Å². The predicted molar refractivity (Wildman–Crippen MR) is 103 cm³/mol. The average Bonchev–Trinajstić information content (AvgIpc) is 3.11. The summed E-state index contributed by atoms with van der Waals surface area (Å²) in [6.07, 6.45) is 2.41. The van der Waals surface area contributed by atoms with Crippen molar-refractivity contribution in [2.45, 2.75) is 31.1 Å².